The zero-order chi connectivity index (χ0) is 20.5. The van der Waals surface area contributed by atoms with Crippen LogP contribution in [0.3, 0.4) is 0 Å². The largest absolute Gasteiger partial charge is 0.497 e. The molecule has 2 aromatic heterocycles. The zero-order valence-electron chi connectivity index (χ0n) is 16.7. The van der Waals surface area contributed by atoms with Crippen molar-refractivity contribution >= 4 is 11.8 Å². The van der Waals surface area contributed by atoms with Crippen LogP contribution in [0.15, 0.2) is 64.2 Å². The van der Waals surface area contributed by atoms with Gasteiger partial charge < -0.3 is 9.15 Å². The molecule has 0 radical (unpaired) electrons. The maximum absolute atomic E-state index is 5.95. The van der Waals surface area contributed by atoms with Crippen molar-refractivity contribution in [2.75, 3.05) is 7.11 Å². The van der Waals surface area contributed by atoms with Gasteiger partial charge in [0.15, 0.2) is 5.16 Å². The standard InChI is InChI=1S/C22H21N5O2S/c1-14(20-24-25-21(29-20)16-10-12-18(28-2)13-11-16)30-22-26-23-19(15-8-9-15)27(22)17-6-4-3-5-7-17/h3-7,10-15H,8-9H2,1-2H3/t14-/m0/s1. The lowest BCUT2D eigenvalue weighted by molar-refractivity contribution is 0.415. The lowest BCUT2D eigenvalue weighted by Gasteiger charge is -2.11. The average molecular weight is 420 g/mol. The van der Waals surface area contributed by atoms with E-state index in [0.29, 0.717) is 17.7 Å². The van der Waals surface area contributed by atoms with E-state index in [0.717, 1.165) is 28.0 Å². The summed E-state index contributed by atoms with van der Waals surface area (Å²) in [6, 6.07) is 17.8. The molecule has 0 bridgehead atoms. The fourth-order valence-electron chi connectivity index (χ4n) is 3.24. The highest BCUT2D eigenvalue weighted by atomic mass is 32.2. The van der Waals surface area contributed by atoms with Crippen molar-refractivity contribution in [3.05, 3.63) is 66.3 Å². The second-order valence-corrected chi connectivity index (χ2v) is 8.53. The van der Waals surface area contributed by atoms with Gasteiger partial charge in [-0.15, -0.1) is 20.4 Å². The summed E-state index contributed by atoms with van der Waals surface area (Å²) in [4.78, 5) is 0. The van der Waals surface area contributed by atoms with Crippen molar-refractivity contribution in [1.82, 2.24) is 25.0 Å². The van der Waals surface area contributed by atoms with Crippen LogP contribution < -0.4 is 4.74 Å². The Morgan fingerprint density at radius 1 is 1.00 bits per heavy atom. The molecule has 0 aliphatic heterocycles. The van der Waals surface area contributed by atoms with E-state index in [-0.39, 0.29) is 5.25 Å². The first-order valence-electron chi connectivity index (χ1n) is 9.88. The Bertz CT molecular complexity index is 1140. The topological polar surface area (TPSA) is 78.9 Å². The fraction of sp³-hybridized carbons (Fsp3) is 0.273. The van der Waals surface area contributed by atoms with E-state index < -0.39 is 0 Å². The van der Waals surface area contributed by atoms with Gasteiger partial charge in [-0.05, 0) is 56.2 Å². The normalized spacial score (nSPS) is 14.6. The highest BCUT2D eigenvalue weighted by Gasteiger charge is 2.31. The lowest BCUT2D eigenvalue weighted by atomic mass is 10.2. The van der Waals surface area contributed by atoms with Crippen molar-refractivity contribution in [3.63, 3.8) is 0 Å². The molecule has 152 valence electrons. The lowest BCUT2D eigenvalue weighted by Crippen LogP contribution is -2.02. The summed E-state index contributed by atoms with van der Waals surface area (Å²) < 4.78 is 13.3. The molecule has 0 unspecified atom stereocenters. The van der Waals surface area contributed by atoms with Gasteiger partial charge in [-0.1, -0.05) is 30.0 Å². The first-order valence-corrected chi connectivity index (χ1v) is 10.8. The highest BCUT2D eigenvalue weighted by Crippen LogP contribution is 2.43. The molecule has 0 spiro atoms. The SMILES string of the molecule is COc1ccc(-c2nnc([C@H](C)Sc3nnc(C4CC4)n3-c3ccccc3)o2)cc1. The van der Waals surface area contributed by atoms with Gasteiger partial charge in [-0.25, -0.2) is 0 Å². The number of rotatable bonds is 7. The average Bonchev–Trinajstić information content (AvgIpc) is 3.36. The van der Waals surface area contributed by atoms with Crippen LogP contribution in [0, 0.1) is 0 Å². The van der Waals surface area contributed by atoms with Gasteiger partial charge in [0.05, 0.1) is 12.4 Å². The first-order chi connectivity index (χ1) is 14.7. The zero-order valence-corrected chi connectivity index (χ0v) is 17.5. The van der Waals surface area contributed by atoms with Gasteiger partial charge in [0.25, 0.3) is 0 Å². The molecule has 5 rings (SSSR count). The van der Waals surface area contributed by atoms with Crippen molar-refractivity contribution < 1.29 is 9.15 Å². The third-order valence-corrected chi connectivity index (χ3v) is 6.05. The number of nitrogens with zero attached hydrogens (tertiary/aromatic N) is 5. The number of ether oxygens (including phenoxy) is 1. The molecule has 0 saturated heterocycles. The predicted molar refractivity (Wildman–Crippen MR) is 114 cm³/mol. The molecular weight excluding hydrogens is 398 g/mol. The Morgan fingerprint density at radius 2 is 1.77 bits per heavy atom. The summed E-state index contributed by atoms with van der Waals surface area (Å²) in [6.45, 7) is 2.04. The molecule has 2 aromatic carbocycles. The van der Waals surface area contributed by atoms with E-state index in [1.807, 2.05) is 49.4 Å². The smallest absolute Gasteiger partial charge is 0.247 e. The molecule has 1 aliphatic carbocycles. The third-order valence-electron chi connectivity index (χ3n) is 5.02. The molecule has 0 amide bonds. The summed E-state index contributed by atoms with van der Waals surface area (Å²) in [7, 11) is 1.64. The van der Waals surface area contributed by atoms with Gasteiger partial charge in [0.1, 0.15) is 11.6 Å². The second-order valence-electron chi connectivity index (χ2n) is 7.22. The Hall–Kier alpha value is -3.13. The van der Waals surface area contributed by atoms with E-state index >= 15 is 0 Å². The quantitative estimate of drug-likeness (QED) is 0.388. The van der Waals surface area contributed by atoms with Gasteiger partial charge >= 0.3 is 0 Å². The molecule has 30 heavy (non-hydrogen) atoms. The van der Waals surface area contributed by atoms with Crippen LogP contribution in [0.4, 0.5) is 0 Å². The molecule has 1 aliphatic rings. The minimum Gasteiger partial charge on any atom is -0.497 e. The Kier molecular flexibility index (Phi) is 5.00. The summed E-state index contributed by atoms with van der Waals surface area (Å²) in [5, 5.41) is 18.2. The molecule has 8 heteroatoms. The minimum atomic E-state index is -0.0665. The van der Waals surface area contributed by atoms with E-state index in [1.54, 1.807) is 18.9 Å². The molecule has 7 nitrogen and oxygen atoms in total. The van der Waals surface area contributed by atoms with Gasteiger partial charge in [-0.3, -0.25) is 4.57 Å². The van der Waals surface area contributed by atoms with Crippen LogP contribution >= 0.6 is 11.8 Å². The second kappa shape index (κ2) is 7.95. The monoisotopic (exact) mass is 419 g/mol. The van der Waals surface area contributed by atoms with Gasteiger partial charge in [0, 0.05) is 17.2 Å². The Morgan fingerprint density at radius 3 is 2.47 bits per heavy atom. The summed E-state index contributed by atoms with van der Waals surface area (Å²) in [5.41, 5.74) is 1.93. The van der Waals surface area contributed by atoms with Gasteiger partial charge in [-0.2, -0.15) is 0 Å². The number of hydrogen-bond acceptors (Lipinski definition) is 7. The van der Waals surface area contributed by atoms with Crippen molar-refractivity contribution in [1.29, 1.82) is 0 Å². The van der Waals surface area contributed by atoms with Crippen LogP contribution in [-0.2, 0) is 0 Å². The number of hydrogen-bond donors (Lipinski definition) is 0. The summed E-state index contributed by atoms with van der Waals surface area (Å²) in [6.07, 6.45) is 2.33. The third kappa shape index (κ3) is 3.70. The van der Waals surface area contributed by atoms with Crippen LogP contribution in [-0.4, -0.2) is 32.1 Å². The van der Waals surface area contributed by atoms with Crippen molar-refractivity contribution in [3.8, 4) is 22.9 Å². The number of methoxy groups -OCH3 is 1. The Balaban J connectivity index is 1.40. The molecule has 2 heterocycles. The number of para-hydroxylation sites is 1. The van der Waals surface area contributed by atoms with Crippen molar-refractivity contribution in [2.45, 2.75) is 36.1 Å². The minimum absolute atomic E-state index is 0.0665. The molecular formula is C22H21N5O2S. The molecule has 4 aromatic rings. The maximum Gasteiger partial charge on any atom is 0.247 e. The number of aromatic nitrogens is 5. The molecule has 1 saturated carbocycles. The van der Waals surface area contributed by atoms with Crippen LogP contribution in [0.1, 0.15) is 42.6 Å². The summed E-state index contributed by atoms with van der Waals surface area (Å²) in [5.74, 6) is 3.35. The first kappa shape index (κ1) is 18.9. The fourth-order valence-corrected chi connectivity index (χ4v) is 4.15. The molecule has 1 fully saturated rings. The predicted octanol–water partition coefficient (Wildman–Crippen LogP) is 5.06. The Labute approximate surface area is 178 Å². The van der Waals surface area contributed by atoms with E-state index in [4.69, 9.17) is 9.15 Å². The number of thioether (sulfide) groups is 1. The van der Waals surface area contributed by atoms with E-state index in [9.17, 15) is 0 Å². The molecule has 0 N–H and O–H groups in total. The van der Waals surface area contributed by atoms with Crippen molar-refractivity contribution in [2.24, 2.45) is 0 Å². The summed E-state index contributed by atoms with van der Waals surface area (Å²) >= 11 is 1.57. The van der Waals surface area contributed by atoms with Gasteiger partial charge in [0.2, 0.25) is 11.8 Å². The van der Waals surface area contributed by atoms with E-state index in [1.165, 1.54) is 12.8 Å². The van der Waals surface area contributed by atoms with Crippen LogP contribution in [0.5, 0.6) is 5.75 Å². The van der Waals surface area contributed by atoms with Crippen LogP contribution in [0.2, 0.25) is 0 Å². The maximum atomic E-state index is 5.95. The van der Waals surface area contributed by atoms with E-state index in [2.05, 4.69) is 37.1 Å². The number of benzene rings is 2. The van der Waals surface area contributed by atoms with Crippen LogP contribution in [0.25, 0.3) is 17.1 Å². The molecule has 1 atom stereocenters. The highest BCUT2D eigenvalue weighted by molar-refractivity contribution is 7.99.